The molecule has 1 saturated carbocycles. The van der Waals surface area contributed by atoms with Crippen LogP contribution in [0.25, 0.3) is 0 Å². The summed E-state index contributed by atoms with van der Waals surface area (Å²) in [6, 6.07) is 3.26. The maximum atomic E-state index is 11.6. The molecule has 1 aromatic rings. The van der Waals surface area contributed by atoms with Crippen LogP contribution in [-0.4, -0.2) is 29.9 Å². The summed E-state index contributed by atoms with van der Waals surface area (Å²) in [5.74, 6) is 5.61. The van der Waals surface area contributed by atoms with Crippen LogP contribution in [0.3, 0.4) is 0 Å². The van der Waals surface area contributed by atoms with Gasteiger partial charge in [-0.3, -0.25) is 10.2 Å². The van der Waals surface area contributed by atoms with Gasteiger partial charge in [-0.25, -0.2) is 15.6 Å². The second-order valence-electron chi connectivity index (χ2n) is 9.32. The highest BCUT2D eigenvalue weighted by Crippen LogP contribution is 2.60. The Kier molecular flexibility index (Phi) is 4.96. The minimum atomic E-state index is -0.811. The van der Waals surface area contributed by atoms with Crippen molar-refractivity contribution in [3.05, 3.63) is 23.7 Å². The summed E-state index contributed by atoms with van der Waals surface area (Å²) < 4.78 is 24.3. The highest BCUT2D eigenvalue weighted by atomic mass is 17.3. The van der Waals surface area contributed by atoms with Crippen molar-refractivity contribution in [3.63, 3.8) is 0 Å². The van der Waals surface area contributed by atoms with Crippen molar-refractivity contribution in [2.24, 2.45) is 29.5 Å². The molecule has 4 unspecified atom stereocenters. The molecule has 8 atom stereocenters. The first-order valence-electron chi connectivity index (χ1n) is 10.8. The van der Waals surface area contributed by atoms with Crippen molar-refractivity contribution in [1.29, 1.82) is 0 Å². The quantitative estimate of drug-likeness (QED) is 0.329. The van der Waals surface area contributed by atoms with E-state index in [0.717, 1.165) is 25.7 Å². The molecule has 5 heterocycles. The Morgan fingerprint density at radius 3 is 2.87 bits per heavy atom. The summed E-state index contributed by atoms with van der Waals surface area (Å²) in [6.45, 7) is 6.50. The van der Waals surface area contributed by atoms with Crippen LogP contribution in [0.4, 0.5) is 0 Å². The first-order chi connectivity index (χ1) is 14.4. The van der Waals surface area contributed by atoms with E-state index in [-0.39, 0.29) is 24.2 Å². The predicted molar refractivity (Wildman–Crippen MR) is 102 cm³/mol. The zero-order valence-corrected chi connectivity index (χ0v) is 17.6. The van der Waals surface area contributed by atoms with Crippen molar-refractivity contribution in [3.8, 4) is 0 Å². The van der Waals surface area contributed by atoms with E-state index in [9.17, 15) is 4.79 Å². The van der Waals surface area contributed by atoms with Crippen LogP contribution >= 0.6 is 0 Å². The van der Waals surface area contributed by atoms with Gasteiger partial charge in [-0.15, -0.1) is 0 Å². The molecule has 6 rings (SSSR count). The second kappa shape index (κ2) is 7.29. The van der Waals surface area contributed by atoms with Gasteiger partial charge in [0.2, 0.25) is 5.79 Å². The molecule has 9 heteroatoms. The number of nitrogen functional groups attached to an aromatic ring is 1. The average molecular weight is 422 g/mol. The van der Waals surface area contributed by atoms with E-state index < -0.39 is 29.9 Å². The molecule has 166 valence electrons. The fourth-order valence-corrected chi connectivity index (χ4v) is 5.88. The number of ether oxygens (including phenoxy) is 3. The number of nitrogens with one attached hydrogen (secondary N) is 1. The molecule has 1 amide bonds. The Balaban J connectivity index is 1.36. The Bertz CT molecular complexity index is 815. The lowest BCUT2D eigenvalue weighted by Crippen LogP contribution is -2.70. The third kappa shape index (κ3) is 3.03. The minimum absolute atomic E-state index is 0.0766. The molecule has 1 spiro atoms. The molecule has 0 aromatic carbocycles. The summed E-state index contributed by atoms with van der Waals surface area (Å²) in [5, 5.41) is 0. The zero-order chi connectivity index (χ0) is 21.1. The summed E-state index contributed by atoms with van der Waals surface area (Å²) in [7, 11) is 0. The van der Waals surface area contributed by atoms with E-state index in [1.807, 2.05) is 12.3 Å². The largest absolute Gasteiger partial charge is 0.453 e. The fraction of sp³-hybridized carbons (Fsp3) is 0.762. The lowest BCUT2D eigenvalue weighted by atomic mass is 9.58. The van der Waals surface area contributed by atoms with Crippen LogP contribution in [0, 0.1) is 23.7 Å². The molecule has 1 aliphatic carbocycles. The molecule has 2 bridgehead atoms. The number of carbonyl (C=O) groups excluding carboxylic acids is 1. The Labute approximate surface area is 175 Å². The number of furan rings is 1. The van der Waals surface area contributed by atoms with Gasteiger partial charge in [-0.1, -0.05) is 13.8 Å². The fourth-order valence-electron chi connectivity index (χ4n) is 5.88. The van der Waals surface area contributed by atoms with Crippen LogP contribution < -0.4 is 11.3 Å². The molecule has 5 fully saturated rings. The van der Waals surface area contributed by atoms with Gasteiger partial charge in [0.1, 0.15) is 12.4 Å². The lowest BCUT2D eigenvalue weighted by molar-refractivity contribution is -0.577. The summed E-state index contributed by atoms with van der Waals surface area (Å²) in [4.78, 5) is 23.5. The number of fused-ring (bicyclic) bond motifs is 2. The van der Waals surface area contributed by atoms with E-state index in [2.05, 4.69) is 13.8 Å². The number of hydrogen-bond donors (Lipinski definition) is 2. The van der Waals surface area contributed by atoms with Crippen molar-refractivity contribution >= 4 is 5.91 Å². The van der Waals surface area contributed by atoms with Gasteiger partial charge < -0.3 is 18.6 Å². The first-order valence-corrected chi connectivity index (χ1v) is 10.8. The summed E-state index contributed by atoms with van der Waals surface area (Å²) >= 11 is 0. The minimum Gasteiger partial charge on any atom is -0.453 e. The molecule has 0 radical (unpaired) electrons. The topological polar surface area (TPSA) is 114 Å². The van der Waals surface area contributed by atoms with Gasteiger partial charge in [-0.05, 0) is 50.2 Å². The van der Waals surface area contributed by atoms with Crippen molar-refractivity contribution in [2.45, 2.75) is 77.0 Å². The van der Waals surface area contributed by atoms with Gasteiger partial charge in [0, 0.05) is 18.3 Å². The Morgan fingerprint density at radius 2 is 2.07 bits per heavy atom. The molecule has 3 N–H and O–H groups in total. The third-order valence-corrected chi connectivity index (χ3v) is 7.50. The van der Waals surface area contributed by atoms with Gasteiger partial charge >= 0.3 is 5.91 Å². The number of carbonyl (C=O) groups is 1. The van der Waals surface area contributed by atoms with Crippen molar-refractivity contribution in [2.75, 3.05) is 0 Å². The van der Waals surface area contributed by atoms with Crippen molar-refractivity contribution < 1.29 is 33.2 Å². The van der Waals surface area contributed by atoms with Crippen LogP contribution in [0.2, 0.25) is 0 Å². The summed E-state index contributed by atoms with van der Waals surface area (Å²) in [5.41, 5.74) is 1.44. The first kappa shape index (κ1) is 20.4. The number of hydrazine groups is 1. The van der Waals surface area contributed by atoms with Crippen LogP contribution in [-0.2, 0) is 30.6 Å². The van der Waals surface area contributed by atoms with Gasteiger partial charge in [-0.2, -0.15) is 0 Å². The third-order valence-electron chi connectivity index (χ3n) is 7.50. The standard InChI is InChI=1S/C21H30N2O7/c1-11-4-6-15-12(2)18(25-10-13-5-7-16(26-13)17(24)23-22)27-19-21(15)14(11)8-9-20(3,28-19)29-30-21/h5,7,11-12,14-15,18-19H,4,6,8-10,22H2,1-3H3,(H,23,24)/t11-,12-,14?,15?,18?,19?,20-,21-/m1/s1. The molecule has 30 heavy (non-hydrogen) atoms. The lowest BCUT2D eigenvalue weighted by Gasteiger charge is -2.60. The predicted octanol–water partition coefficient (Wildman–Crippen LogP) is 2.61. The SMILES string of the molecule is C[C@H]1C(OCc2ccc(C(=O)NN)o2)OC2O[C@@]3(C)CCC4[C@H](C)CCC1[C@@]24OO3. The van der Waals surface area contributed by atoms with E-state index in [1.54, 1.807) is 12.1 Å². The highest BCUT2D eigenvalue weighted by Gasteiger charge is 2.69. The van der Waals surface area contributed by atoms with Gasteiger partial charge in [0.05, 0.1) is 0 Å². The Morgan fingerprint density at radius 1 is 1.23 bits per heavy atom. The number of amides is 1. The highest BCUT2D eigenvalue weighted by molar-refractivity contribution is 5.90. The Hall–Kier alpha value is -1.49. The van der Waals surface area contributed by atoms with E-state index in [0.29, 0.717) is 17.6 Å². The molecular formula is C21H30N2O7. The van der Waals surface area contributed by atoms with Crippen LogP contribution in [0.5, 0.6) is 0 Å². The average Bonchev–Trinajstić information content (AvgIpc) is 3.09. The second-order valence-corrected chi connectivity index (χ2v) is 9.32. The number of rotatable bonds is 4. The molecular weight excluding hydrogens is 392 g/mol. The number of nitrogens with two attached hydrogens (primary N) is 1. The van der Waals surface area contributed by atoms with Crippen LogP contribution in [0.1, 0.15) is 62.8 Å². The molecule has 4 aliphatic heterocycles. The van der Waals surface area contributed by atoms with Gasteiger partial charge in [0.25, 0.3) is 0 Å². The molecule has 5 aliphatic rings. The van der Waals surface area contributed by atoms with E-state index in [4.69, 9.17) is 34.2 Å². The number of hydrogen-bond acceptors (Lipinski definition) is 8. The molecule has 1 aromatic heterocycles. The monoisotopic (exact) mass is 422 g/mol. The van der Waals surface area contributed by atoms with Gasteiger partial charge in [0.15, 0.2) is 23.9 Å². The normalized spacial score (nSPS) is 44.9. The molecule has 9 nitrogen and oxygen atoms in total. The maximum Gasteiger partial charge on any atom is 0.300 e. The zero-order valence-electron chi connectivity index (χ0n) is 17.6. The summed E-state index contributed by atoms with van der Waals surface area (Å²) in [6.07, 6.45) is 2.87. The van der Waals surface area contributed by atoms with Crippen LogP contribution in [0.15, 0.2) is 16.5 Å². The maximum absolute atomic E-state index is 11.6. The van der Waals surface area contributed by atoms with Crippen molar-refractivity contribution in [1.82, 2.24) is 5.43 Å². The molecule has 4 saturated heterocycles. The van der Waals surface area contributed by atoms with E-state index >= 15 is 0 Å². The van der Waals surface area contributed by atoms with E-state index in [1.165, 1.54) is 0 Å². The smallest absolute Gasteiger partial charge is 0.300 e.